The molecular weight excluding hydrogens is 420 g/mol. The maximum Gasteiger partial charge on any atom is 0.322 e. The highest BCUT2D eigenvalue weighted by atomic mass is 32.2. The number of nitrogens with zero attached hydrogens (tertiary/aromatic N) is 5. The van der Waals surface area contributed by atoms with Crippen molar-refractivity contribution in [3.05, 3.63) is 41.6 Å². The van der Waals surface area contributed by atoms with E-state index in [4.69, 9.17) is 4.42 Å². The Morgan fingerprint density at radius 2 is 1.90 bits per heavy atom. The third-order valence-corrected chi connectivity index (χ3v) is 6.83. The number of hydrogen-bond acceptors (Lipinski definition) is 7. The lowest BCUT2D eigenvalue weighted by molar-refractivity contribution is 0.102. The number of unbranched alkanes of at least 4 members (excludes halogenated alkanes) is 1. The van der Waals surface area contributed by atoms with E-state index in [1.807, 2.05) is 13.8 Å². The number of hydrogen-bond donors (Lipinski definition) is 1. The van der Waals surface area contributed by atoms with Crippen LogP contribution in [0.25, 0.3) is 11.6 Å². The number of aryl methyl sites for hydroxylation is 2. The standard InChI is InChI=1S/C20H26N6O4S/c1-5-7-12-26(6-2)31(28,29)16-10-8-15(9-11-16)18(27)21-20-23-22-19(30-20)17-13-14(3)25(4)24-17/h8-11,13H,5-7,12H2,1-4H3,(H,21,23,27). The molecule has 0 saturated carbocycles. The minimum atomic E-state index is -3.60. The molecule has 166 valence electrons. The molecule has 2 heterocycles. The molecule has 0 fully saturated rings. The number of carbonyl (C=O) groups is 1. The van der Waals surface area contributed by atoms with Crippen LogP contribution in [0.5, 0.6) is 0 Å². The Hall–Kier alpha value is -3.05. The molecule has 0 unspecified atom stereocenters. The van der Waals surface area contributed by atoms with Crippen molar-refractivity contribution in [2.75, 3.05) is 18.4 Å². The first-order valence-corrected chi connectivity index (χ1v) is 11.5. The maximum absolute atomic E-state index is 12.8. The zero-order valence-electron chi connectivity index (χ0n) is 18.0. The van der Waals surface area contributed by atoms with Crippen molar-refractivity contribution in [3.63, 3.8) is 0 Å². The number of rotatable bonds is 9. The van der Waals surface area contributed by atoms with Crippen molar-refractivity contribution in [1.82, 2.24) is 24.3 Å². The van der Waals surface area contributed by atoms with Crippen LogP contribution in [0.4, 0.5) is 6.01 Å². The number of amides is 1. The molecule has 1 aromatic carbocycles. The maximum atomic E-state index is 12.8. The number of nitrogens with one attached hydrogen (secondary N) is 1. The summed E-state index contributed by atoms with van der Waals surface area (Å²) in [4.78, 5) is 12.6. The average molecular weight is 447 g/mol. The quantitative estimate of drug-likeness (QED) is 0.536. The lowest BCUT2D eigenvalue weighted by Gasteiger charge is -2.20. The first-order chi connectivity index (χ1) is 14.8. The van der Waals surface area contributed by atoms with Gasteiger partial charge in [0, 0.05) is 31.4 Å². The molecule has 0 bridgehead atoms. The Balaban J connectivity index is 1.71. The number of anilines is 1. The summed E-state index contributed by atoms with van der Waals surface area (Å²) in [6.45, 7) is 6.56. The molecule has 0 aliphatic heterocycles. The molecule has 1 N–H and O–H groups in total. The Labute approximate surface area is 181 Å². The van der Waals surface area contributed by atoms with Gasteiger partial charge in [0.25, 0.3) is 11.8 Å². The normalized spacial score (nSPS) is 11.8. The SMILES string of the molecule is CCCCN(CC)S(=O)(=O)c1ccc(C(=O)Nc2nnc(-c3cc(C)n(C)n3)o2)cc1. The first-order valence-electron chi connectivity index (χ1n) is 10.0. The number of benzene rings is 1. The van der Waals surface area contributed by atoms with Crippen LogP contribution in [0.2, 0.25) is 0 Å². The van der Waals surface area contributed by atoms with Crippen LogP contribution in [0.1, 0.15) is 42.7 Å². The van der Waals surface area contributed by atoms with Gasteiger partial charge < -0.3 is 4.42 Å². The highest BCUT2D eigenvalue weighted by Gasteiger charge is 2.23. The van der Waals surface area contributed by atoms with Crippen LogP contribution in [0.3, 0.4) is 0 Å². The van der Waals surface area contributed by atoms with Gasteiger partial charge >= 0.3 is 6.01 Å². The third-order valence-electron chi connectivity index (χ3n) is 4.85. The van der Waals surface area contributed by atoms with Crippen LogP contribution in [-0.4, -0.2) is 51.7 Å². The van der Waals surface area contributed by atoms with E-state index in [9.17, 15) is 13.2 Å². The van der Waals surface area contributed by atoms with Crippen molar-refractivity contribution >= 4 is 21.9 Å². The molecule has 0 radical (unpaired) electrons. The van der Waals surface area contributed by atoms with Crippen molar-refractivity contribution in [3.8, 4) is 11.6 Å². The second kappa shape index (κ2) is 9.40. The van der Waals surface area contributed by atoms with Gasteiger partial charge in [-0.05, 0) is 43.7 Å². The molecular formula is C20H26N6O4S. The number of sulfonamides is 1. The van der Waals surface area contributed by atoms with Gasteiger partial charge in [0.2, 0.25) is 10.0 Å². The molecule has 0 saturated heterocycles. The highest BCUT2D eigenvalue weighted by molar-refractivity contribution is 7.89. The van der Waals surface area contributed by atoms with E-state index >= 15 is 0 Å². The van der Waals surface area contributed by atoms with Crippen molar-refractivity contribution in [2.45, 2.75) is 38.5 Å². The summed E-state index contributed by atoms with van der Waals surface area (Å²) < 4.78 is 34.1. The van der Waals surface area contributed by atoms with Crippen LogP contribution < -0.4 is 5.32 Å². The van der Waals surface area contributed by atoms with Crippen LogP contribution in [-0.2, 0) is 17.1 Å². The summed E-state index contributed by atoms with van der Waals surface area (Å²) in [5, 5.41) is 14.5. The monoisotopic (exact) mass is 446 g/mol. The molecule has 3 aromatic rings. The molecule has 1 amide bonds. The van der Waals surface area contributed by atoms with Crippen molar-refractivity contribution in [2.24, 2.45) is 7.05 Å². The Bertz CT molecular complexity index is 1130. The minimum Gasteiger partial charge on any atom is -0.401 e. The van der Waals surface area contributed by atoms with Crippen LogP contribution >= 0.6 is 0 Å². The molecule has 3 rings (SSSR count). The van der Waals surface area contributed by atoms with E-state index < -0.39 is 15.9 Å². The number of aromatic nitrogens is 4. The van der Waals surface area contributed by atoms with Gasteiger partial charge in [0.1, 0.15) is 5.69 Å². The molecule has 0 atom stereocenters. The van der Waals surface area contributed by atoms with Gasteiger partial charge in [0.05, 0.1) is 4.90 Å². The molecule has 2 aromatic heterocycles. The molecule has 11 heteroatoms. The van der Waals surface area contributed by atoms with Gasteiger partial charge in [-0.15, -0.1) is 5.10 Å². The summed E-state index contributed by atoms with van der Waals surface area (Å²) in [6.07, 6.45) is 1.69. The Morgan fingerprint density at radius 3 is 2.48 bits per heavy atom. The predicted molar refractivity (Wildman–Crippen MR) is 115 cm³/mol. The van der Waals surface area contributed by atoms with Crippen molar-refractivity contribution < 1.29 is 17.6 Å². The average Bonchev–Trinajstić information content (AvgIpc) is 3.35. The zero-order chi connectivity index (χ0) is 22.6. The fourth-order valence-electron chi connectivity index (χ4n) is 2.92. The summed E-state index contributed by atoms with van der Waals surface area (Å²) in [5.74, 6) is -0.304. The molecule has 0 aliphatic rings. The fourth-order valence-corrected chi connectivity index (χ4v) is 4.41. The zero-order valence-corrected chi connectivity index (χ0v) is 18.8. The highest BCUT2D eigenvalue weighted by Crippen LogP contribution is 2.20. The van der Waals surface area contributed by atoms with Gasteiger partial charge in [-0.2, -0.15) is 9.40 Å². The van der Waals surface area contributed by atoms with E-state index in [0.29, 0.717) is 18.8 Å². The smallest absolute Gasteiger partial charge is 0.322 e. The summed E-state index contributed by atoms with van der Waals surface area (Å²) >= 11 is 0. The second-order valence-electron chi connectivity index (χ2n) is 7.04. The molecule has 0 spiro atoms. The largest absolute Gasteiger partial charge is 0.401 e. The van der Waals surface area contributed by atoms with E-state index in [1.165, 1.54) is 28.6 Å². The van der Waals surface area contributed by atoms with Crippen LogP contribution in [0, 0.1) is 6.92 Å². The fraction of sp³-hybridized carbons (Fsp3) is 0.400. The summed E-state index contributed by atoms with van der Waals surface area (Å²) in [7, 11) is -1.80. The topological polar surface area (TPSA) is 123 Å². The Kier molecular flexibility index (Phi) is 6.86. The first kappa shape index (κ1) is 22.6. The predicted octanol–water partition coefficient (Wildman–Crippen LogP) is 2.84. The van der Waals surface area contributed by atoms with E-state index in [-0.39, 0.29) is 22.4 Å². The van der Waals surface area contributed by atoms with E-state index in [1.54, 1.807) is 24.7 Å². The molecule has 31 heavy (non-hydrogen) atoms. The summed E-state index contributed by atoms with van der Waals surface area (Å²) in [5.41, 5.74) is 1.69. The molecule has 0 aliphatic carbocycles. The van der Waals surface area contributed by atoms with E-state index in [2.05, 4.69) is 20.6 Å². The van der Waals surface area contributed by atoms with Gasteiger partial charge in [-0.1, -0.05) is 25.4 Å². The van der Waals surface area contributed by atoms with Gasteiger partial charge in [-0.3, -0.25) is 14.8 Å². The number of carbonyl (C=O) groups excluding carboxylic acids is 1. The Morgan fingerprint density at radius 1 is 1.19 bits per heavy atom. The second-order valence-corrected chi connectivity index (χ2v) is 8.97. The van der Waals surface area contributed by atoms with Gasteiger partial charge in [-0.25, -0.2) is 8.42 Å². The molecule has 10 nitrogen and oxygen atoms in total. The summed E-state index contributed by atoms with van der Waals surface area (Å²) in [6, 6.07) is 7.48. The lowest BCUT2D eigenvalue weighted by Crippen LogP contribution is -2.31. The lowest BCUT2D eigenvalue weighted by atomic mass is 10.2. The van der Waals surface area contributed by atoms with Crippen LogP contribution in [0.15, 0.2) is 39.6 Å². The third kappa shape index (κ3) is 5.00. The van der Waals surface area contributed by atoms with Crippen molar-refractivity contribution in [1.29, 1.82) is 0 Å². The van der Waals surface area contributed by atoms with Gasteiger partial charge in [0.15, 0.2) is 0 Å². The van der Waals surface area contributed by atoms with E-state index in [0.717, 1.165) is 18.5 Å². The minimum absolute atomic E-state index is 0.0725.